The van der Waals surface area contributed by atoms with Crippen molar-refractivity contribution >= 4 is 57.3 Å². The van der Waals surface area contributed by atoms with Crippen LogP contribution in [0.4, 0.5) is 41.7 Å². The summed E-state index contributed by atoms with van der Waals surface area (Å²) in [6.07, 6.45) is 6.37. The van der Waals surface area contributed by atoms with Gasteiger partial charge in [0.1, 0.15) is 18.1 Å². The Kier molecular flexibility index (Phi) is 10.3. The molecular formula is C37H38F3N9O3S. The van der Waals surface area contributed by atoms with E-state index in [0.717, 1.165) is 55.4 Å². The highest BCUT2D eigenvalue weighted by atomic mass is 32.2. The minimum Gasteiger partial charge on any atom is -0.421 e. The second-order valence-electron chi connectivity index (χ2n) is 12.8. The fraction of sp³-hybridized carbons (Fsp3) is 0.324. The number of pyridine rings is 2. The molecule has 276 valence electrons. The van der Waals surface area contributed by atoms with Gasteiger partial charge < -0.3 is 30.7 Å². The molecule has 2 aliphatic heterocycles. The number of methoxy groups -OCH3 is 1. The van der Waals surface area contributed by atoms with E-state index in [9.17, 15) is 9.18 Å². The van der Waals surface area contributed by atoms with Gasteiger partial charge >= 0.3 is 11.9 Å². The SMILES string of the molecule is COCc1nc(Nc2ccc3c(c2)NCCC3)c2ccc(-c3ncccc3OC(=O)C(N)(Nc3ccc4c(c3)NCCC4)C(F)(F)C(F)SC)nc2n1. The number of thioether (sulfide) groups is 1. The number of hydrogen-bond donors (Lipinski definition) is 5. The lowest BCUT2D eigenvalue weighted by atomic mass is 10.00. The number of carbonyl (C=O) groups excluding carboxylic acids is 1. The highest BCUT2D eigenvalue weighted by Crippen LogP contribution is 2.40. The van der Waals surface area contributed by atoms with Crippen LogP contribution in [0.5, 0.6) is 5.75 Å². The Morgan fingerprint density at radius 1 is 0.981 bits per heavy atom. The second kappa shape index (κ2) is 15.0. The Labute approximate surface area is 307 Å². The number of esters is 1. The van der Waals surface area contributed by atoms with E-state index < -0.39 is 23.1 Å². The number of fused-ring (bicyclic) bond motifs is 3. The van der Waals surface area contributed by atoms with Crippen LogP contribution >= 0.6 is 11.8 Å². The average molecular weight is 746 g/mol. The largest absolute Gasteiger partial charge is 0.421 e. The Morgan fingerprint density at radius 2 is 1.68 bits per heavy atom. The van der Waals surface area contributed by atoms with Crippen molar-refractivity contribution in [1.82, 2.24) is 19.9 Å². The summed E-state index contributed by atoms with van der Waals surface area (Å²) in [7, 11) is 1.52. The van der Waals surface area contributed by atoms with Gasteiger partial charge in [0.2, 0.25) is 5.50 Å². The number of aromatic nitrogens is 4. The molecule has 0 aliphatic carbocycles. The molecule has 0 amide bonds. The zero-order valence-corrected chi connectivity index (χ0v) is 29.8. The summed E-state index contributed by atoms with van der Waals surface area (Å²) in [5.74, 6) is -5.45. The topological polar surface area (TPSA) is 161 Å². The summed E-state index contributed by atoms with van der Waals surface area (Å²) >= 11 is 0.220. The number of nitrogens with zero attached hydrogens (tertiary/aromatic N) is 4. The van der Waals surface area contributed by atoms with Crippen LogP contribution in [0.1, 0.15) is 29.8 Å². The van der Waals surface area contributed by atoms with Crippen LogP contribution in [0.2, 0.25) is 0 Å². The first-order valence-electron chi connectivity index (χ1n) is 17.1. The van der Waals surface area contributed by atoms with Gasteiger partial charge in [-0.1, -0.05) is 12.1 Å². The maximum absolute atomic E-state index is 15.9. The normalized spacial score (nSPS) is 15.6. The molecule has 2 atom stereocenters. The summed E-state index contributed by atoms with van der Waals surface area (Å²) in [4.78, 5) is 32.2. The van der Waals surface area contributed by atoms with Gasteiger partial charge in [-0.25, -0.2) is 24.1 Å². The lowest BCUT2D eigenvalue weighted by molar-refractivity contribution is -0.160. The third kappa shape index (κ3) is 7.26. The molecule has 3 aromatic heterocycles. The fourth-order valence-corrected chi connectivity index (χ4v) is 6.84. The van der Waals surface area contributed by atoms with E-state index in [1.165, 1.54) is 37.1 Å². The Bertz CT molecular complexity index is 2160. The van der Waals surface area contributed by atoms with E-state index in [1.54, 1.807) is 24.3 Å². The van der Waals surface area contributed by atoms with Gasteiger partial charge in [-0.15, -0.1) is 11.8 Å². The standard InChI is InChI=1S/C37H38F3N9O3S/c1-51-20-30-47-32(45-23-11-9-21-6-3-15-42-27(21)18-23)25-13-14-26(46-33(25)48-30)31-29(8-5-17-44-31)52-35(50)37(41,36(39,40)34(38)53-2)49-24-12-10-22-7-4-16-43-28(22)19-24/h5,8-14,17-19,34,42-43,49H,3-4,6-7,15-16,20,41H2,1-2H3,(H,45,46,47,48). The van der Waals surface area contributed by atoms with Crippen LogP contribution < -0.4 is 31.7 Å². The van der Waals surface area contributed by atoms with Crippen LogP contribution in [0.25, 0.3) is 22.4 Å². The molecule has 2 aromatic carbocycles. The van der Waals surface area contributed by atoms with E-state index in [-0.39, 0.29) is 46.8 Å². The lowest BCUT2D eigenvalue weighted by Crippen LogP contribution is -2.70. The van der Waals surface area contributed by atoms with Gasteiger partial charge in [-0.3, -0.25) is 10.7 Å². The van der Waals surface area contributed by atoms with Crippen molar-refractivity contribution in [2.45, 2.75) is 49.4 Å². The zero-order chi connectivity index (χ0) is 37.2. The summed E-state index contributed by atoms with van der Waals surface area (Å²) in [5, 5.41) is 13.0. The molecule has 12 nitrogen and oxygen atoms in total. The van der Waals surface area contributed by atoms with Crippen molar-refractivity contribution in [2.75, 3.05) is 47.7 Å². The van der Waals surface area contributed by atoms with E-state index in [1.807, 2.05) is 12.1 Å². The highest BCUT2D eigenvalue weighted by molar-refractivity contribution is 7.99. The third-order valence-corrected chi connectivity index (χ3v) is 9.85. The number of nitrogens with one attached hydrogen (secondary N) is 4. The Morgan fingerprint density at radius 3 is 2.38 bits per heavy atom. The quantitative estimate of drug-likeness (QED) is 0.0682. The van der Waals surface area contributed by atoms with Crippen LogP contribution in [0.3, 0.4) is 0 Å². The van der Waals surface area contributed by atoms with E-state index in [0.29, 0.717) is 29.3 Å². The summed E-state index contributed by atoms with van der Waals surface area (Å²) in [6, 6.07) is 17.1. The lowest BCUT2D eigenvalue weighted by Gasteiger charge is -2.37. The Balaban J connectivity index is 1.22. The maximum atomic E-state index is 15.9. The highest BCUT2D eigenvalue weighted by Gasteiger charge is 2.63. The molecule has 6 N–H and O–H groups in total. The number of ether oxygens (including phenoxy) is 2. The number of hydrogen-bond acceptors (Lipinski definition) is 13. The van der Waals surface area contributed by atoms with Crippen molar-refractivity contribution in [3.63, 3.8) is 0 Å². The molecule has 0 spiro atoms. The number of carbonyl (C=O) groups is 1. The first-order chi connectivity index (χ1) is 25.6. The molecule has 0 saturated carbocycles. The third-order valence-electron chi connectivity index (χ3n) is 9.14. The van der Waals surface area contributed by atoms with Gasteiger partial charge in [-0.2, -0.15) is 8.78 Å². The van der Waals surface area contributed by atoms with Crippen molar-refractivity contribution in [2.24, 2.45) is 5.73 Å². The van der Waals surface area contributed by atoms with Crippen molar-refractivity contribution in [3.8, 4) is 17.1 Å². The zero-order valence-electron chi connectivity index (χ0n) is 29.0. The van der Waals surface area contributed by atoms with Gasteiger partial charge in [0, 0.05) is 49.1 Å². The molecule has 0 saturated heterocycles. The van der Waals surface area contributed by atoms with E-state index in [4.69, 9.17) is 20.2 Å². The number of benzene rings is 2. The molecule has 5 aromatic rings. The van der Waals surface area contributed by atoms with E-state index >= 15 is 8.78 Å². The molecule has 0 bridgehead atoms. The van der Waals surface area contributed by atoms with Gasteiger partial charge in [0.05, 0.1) is 11.1 Å². The number of nitrogens with two attached hydrogens (primary N) is 1. The molecule has 7 rings (SSSR count). The number of halogens is 3. The van der Waals surface area contributed by atoms with Crippen molar-refractivity contribution < 1.29 is 27.4 Å². The second-order valence-corrected chi connectivity index (χ2v) is 13.7. The average Bonchev–Trinajstić information content (AvgIpc) is 3.17. The minimum absolute atomic E-state index is 0.0373. The number of anilines is 5. The van der Waals surface area contributed by atoms with Crippen LogP contribution in [-0.2, 0) is 29.0 Å². The molecule has 2 aliphatic rings. The number of rotatable bonds is 12. The first-order valence-corrected chi connectivity index (χ1v) is 18.3. The molecular weight excluding hydrogens is 708 g/mol. The Hall–Kier alpha value is -5.19. The van der Waals surface area contributed by atoms with Gasteiger partial charge in [0.15, 0.2) is 17.2 Å². The van der Waals surface area contributed by atoms with Gasteiger partial charge in [0.25, 0.3) is 5.66 Å². The number of aryl methyl sites for hydroxylation is 2. The van der Waals surface area contributed by atoms with Crippen LogP contribution in [0, 0.1) is 0 Å². The molecule has 0 radical (unpaired) electrons. The summed E-state index contributed by atoms with van der Waals surface area (Å²) < 4.78 is 57.5. The van der Waals surface area contributed by atoms with Crippen molar-refractivity contribution in [1.29, 1.82) is 0 Å². The predicted octanol–water partition coefficient (Wildman–Crippen LogP) is 6.66. The van der Waals surface area contributed by atoms with E-state index in [2.05, 4.69) is 42.3 Å². The maximum Gasteiger partial charge on any atom is 0.359 e. The fourth-order valence-electron chi connectivity index (χ4n) is 6.36. The molecule has 5 heterocycles. The van der Waals surface area contributed by atoms with Crippen LogP contribution in [-0.4, -0.2) is 69.4 Å². The van der Waals surface area contributed by atoms with Crippen molar-refractivity contribution in [3.05, 3.63) is 83.8 Å². The monoisotopic (exact) mass is 745 g/mol. The summed E-state index contributed by atoms with van der Waals surface area (Å²) in [6.45, 7) is 1.69. The molecule has 16 heteroatoms. The summed E-state index contributed by atoms with van der Waals surface area (Å²) in [5.41, 5.74) is 5.39. The number of alkyl halides is 3. The predicted molar refractivity (Wildman–Crippen MR) is 201 cm³/mol. The van der Waals surface area contributed by atoms with Gasteiger partial charge in [-0.05, 0) is 91.6 Å². The van der Waals surface area contributed by atoms with Crippen LogP contribution in [0.15, 0.2) is 66.9 Å². The molecule has 2 unspecified atom stereocenters. The molecule has 53 heavy (non-hydrogen) atoms. The first kappa shape index (κ1) is 36.2. The molecule has 0 fully saturated rings. The smallest absolute Gasteiger partial charge is 0.359 e. The minimum atomic E-state index is -4.43.